The second-order valence-corrected chi connectivity index (χ2v) is 6.33. The van der Waals surface area contributed by atoms with Gasteiger partial charge in [0.15, 0.2) is 5.96 Å². The van der Waals surface area contributed by atoms with Gasteiger partial charge in [0.2, 0.25) is 0 Å². The summed E-state index contributed by atoms with van der Waals surface area (Å²) in [5, 5.41) is 6.58. The number of hydrogen-bond donors (Lipinski definition) is 2. The zero-order chi connectivity index (χ0) is 19.9. The number of carbonyl (C=O) groups is 1. The molecule has 0 fully saturated rings. The smallest absolute Gasteiger partial charge is 0.253 e. The summed E-state index contributed by atoms with van der Waals surface area (Å²) in [5.41, 5.74) is 1.75. The molecule has 0 saturated heterocycles. The largest absolute Gasteiger partial charge is 0.382 e. The molecule has 0 radical (unpaired) electrons. The summed E-state index contributed by atoms with van der Waals surface area (Å²) in [6.07, 6.45) is 2.01. The zero-order valence-corrected chi connectivity index (χ0v) is 17.1. The maximum atomic E-state index is 11.9. The Balaban J connectivity index is 2.39. The molecule has 2 N–H and O–H groups in total. The van der Waals surface area contributed by atoms with Gasteiger partial charge in [0, 0.05) is 46.5 Å². The Bertz CT molecular complexity index is 559. The van der Waals surface area contributed by atoms with E-state index in [4.69, 9.17) is 9.47 Å². The van der Waals surface area contributed by atoms with Crippen LogP contribution in [0.3, 0.4) is 0 Å². The van der Waals surface area contributed by atoms with E-state index in [1.54, 1.807) is 26.1 Å². The Morgan fingerprint density at radius 2 is 1.81 bits per heavy atom. The average Bonchev–Trinajstić information content (AvgIpc) is 2.67. The van der Waals surface area contributed by atoms with Crippen LogP contribution in [-0.2, 0) is 16.0 Å². The molecular formula is C20H34N4O3. The molecule has 0 bridgehead atoms. The van der Waals surface area contributed by atoms with E-state index in [0.29, 0.717) is 25.3 Å². The van der Waals surface area contributed by atoms with Crippen LogP contribution in [0.1, 0.15) is 35.7 Å². The number of methoxy groups -OCH3 is 1. The first-order valence-corrected chi connectivity index (χ1v) is 9.48. The van der Waals surface area contributed by atoms with Crippen LogP contribution < -0.4 is 10.6 Å². The summed E-state index contributed by atoms with van der Waals surface area (Å²) in [4.78, 5) is 18.1. The van der Waals surface area contributed by atoms with Crippen LogP contribution in [0.25, 0.3) is 0 Å². The highest BCUT2D eigenvalue weighted by Gasteiger charge is 2.07. The van der Waals surface area contributed by atoms with Gasteiger partial charge in [-0.15, -0.1) is 0 Å². The van der Waals surface area contributed by atoms with Gasteiger partial charge in [0.05, 0.1) is 19.8 Å². The molecule has 1 amide bonds. The molecule has 1 aromatic carbocycles. The van der Waals surface area contributed by atoms with Crippen LogP contribution >= 0.6 is 0 Å². The molecule has 7 nitrogen and oxygen atoms in total. The van der Waals surface area contributed by atoms with Gasteiger partial charge in [-0.25, -0.2) is 4.99 Å². The minimum atomic E-state index is 0.00579. The molecule has 1 aromatic rings. The molecule has 152 valence electrons. The van der Waals surface area contributed by atoms with E-state index in [-0.39, 0.29) is 5.91 Å². The van der Waals surface area contributed by atoms with Crippen molar-refractivity contribution in [3.63, 3.8) is 0 Å². The molecule has 0 unspecified atom stereocenters. The Hall–Kier alpha value is -2.12. The lowest BCUT2D eigenvalue weighted by Gasteiger charge is -2.12. The van der Waals surface area contributed by atoms with Crippen LogP contribution in [0.2, 0.25) is 0 Å². The lowest BCUT2D eigenvalue weighted by molar-refractivity contribution is 0.0689. The van der Waals surface area contributed by atoms with Crippen molar-refractivity contribution in [3.05, 3.63) is 35.4 Å². The van der Waals surface area contributed by atoms with Gasteiger partial charge in [-0.3, -0.25) is 4.79 Å². The third-order valence-electron chi connectivity index (χ3n) is 3.81. The minimum absolute atomic E-state index is 0.00579. The van der Waals surface area contributed by atoms with Gasteiger partial charge in [0.25, 0.3) is 5.91 Å². The lowest BCUT2D eigenvalue weighted by Crippen LogP contribution is -2.37. The van der Waals surface area contributed by atoms with Crippen molar-refractivity contribution >= 4 is 11.9 Å². The monoisotopic (exact) mass is 378 g/mol. The summed E-state index contributed by atoms with van der Waals surface area (Å²) in [6.45, 7) is 6.29. The number of nitrogens with zero attached hydrogens (tertiary/aromatic N) is 2. The van der Waals surface area contributed by atoms with Crippen molar-refractivity contribution in [2.24, 2.45) is 4.99 Å². The predicted octanol–water partition coefficient (Wildman–Crippen LogP) is 1.89. The topological polar surface area (TPSA) is 75.2 Å². The molecule has 1 rings (SSSR count). The normalized spacial score (nSPS) is 11.3. The second-order valence-electron chi connectivity index (χ2n) is 6.33. The first-order valence-electron chi connectivity index (χ1n) is 9.48. The van der Waals surface area contributed by atoms with Gasteiger partial charge in [-0.1, -0.05) is 12.1 Å². The molecule has 27 heavy (non-hydrogen) atoms. The average molecular weight is 379 g/mol. The van der Waals surface area contributed by atoms with Gasteiger partial charge in [-0.2, -0.15) is 0 Å². The number of carbonyl (C=O) groups excluding carboxylic acids is 1. The first kappa shape index (κ1) is 22.9. The Labute approximate surface area is 163 Å². The van der Waals surface area contributed by atoms with Crippen molar-refractivity contribution in [2.75, 3.05) is 54.1 Å². The Morgan fingerprint density at radius 3 is 2.44 bits per heavy atom. The third-order valence-corrected chi connectivity index (χ3v) is 3.81. The number of unbranched alkanes of at least 4 members (excludes halogenated alkanes) is 1. The summed E-state index contributed by atoms with van der Waals surface area (Å²) in [6, 6.07) is 7.58. The highest BCUT2D eigenvalue weighted by Crippen LogP contribution is 2.07. The molecule has 7 heteroatoms. The van der Waals surface area contributed by atoms with E-state index >= 15 is 0 Å². The summed E-state index contributed by atoms with van der Waals surface area (Å²) in [5.74, 6) is 0.803. The number of amides is 1. The SMILES string of the molecule is CCNC(=NCc1ccc(C(=O)N(C)C)cc1)NCCCCOCCOC. The van der Waals surface area contributed by atoms with Gasteiger partial charge in [-0.05, 0) is 37.5 Å². The number of hydrogen-bond acceptors (Lipinski definition) is 4. The molecule has 0 aliphatic carbocycles. The lowest BCUT2D eigenvalue weighted by atomic mass is 10.1. The van der Waals surface area contributed by atoms with Gasteiger partial charge >= 0.3 is 0 Å². The Kier molecular flexibility index (Phi) is 11.9. The molecule has 0 saturated carbocycles. The number of ether oxygens (including phenoxy) is 2. The van der Waals surface area contributed by atoms with Crippen molar-refractivity contribution in [1.82, 2.24) is 15.5 Å². The van der Waals surface area contributed by atoms with Crippen LogP contribution in [0.5, 0.6) is 0 Å². The van der Waals surface area contributed by atoms with E-state index in [1.807, 2.05) is 31.2 Å². The number of aliphatic imine (C=N–C) groups is 1. The van der Waals surface area contributed by atoms with Crippen molar-refractivity contribution in [3.8, 4) is 0 Å². The molecule has 0 spiro atoms. The van der Waals surface area contributed by atoms with Crippen LogP contribution in [-0.4, -0.2) is 70.9 Å². The molecular weight excluding hydrogens is 344 g/mol. The fourth-order valence-corrected chi connectivity index (χ4v) is 2.30. The summed E-state index contributed by atoms with van der Waals surface area (Å²) >= 11 is 0. The number of guanidine groups is 1. The molecule has 0 heterocycles. The van der Waals surface area contributed by atoms with E-state index in [2.05, 4.69) is 15.6 Å². The number of benzene rings is 1. The minimum Gasteiger partial charge on any atom is -0.382 e. The first-order chi connectivity index (χ1) is 13.1. The third kappa shape index (κ3) is 9.96. The van der Waals surface area contributed by atoms with Crippen LogP contribution in [0.15, 0.2) is 29.3 Å². The van der Waals surface area contributed by atoms with Crippen molar-refractivity contribution in [1.29, 1.82) is 0 Å². The number of nitrogens with one attached hydrogen (secondary N) is 2. The second kappa shape index (κ2) is 14.0. The zero-order valence-electron chi connectivity index (χ0n) is 17.1. The van der Waals surface area contributed by atoms with Gasteiger partial charge < -0.3 is 25.0 Å². The maximum absolute atomic E-state index is 11.9. The predicted molar refractivity (Wildman–Crippen MR) is 109 cm³/mol. The molecule has 0 aromatic heterocycles. The summed E-state index contributed by atoms with van der Waals surface area (Å²) in [7, 11) is 5.17. The highest BCUT2D eigenvalue weighted by atomic mass is 16.5. The fraction of sp³-hybridized carbons (Fsp3) is 0.600. The maximum Gasteiger partial charge on any atom is 0.253 e. The van der Waals surface area contributed by atoms with Crippen molar-refractivity contribution in [2.45, 2.75) is 26.3 Å². The van der Waals surface area contributed by atoms with E-state index in [0.717, 1.165) is 44.1 Å². The molecule has 0 atom stereocenters. The molecule has 0 aliphatic rings. The van der Waals surface area contributed by atoms with E-state index < -0.39 is 0 Å². The van der Waals surface area contributed by atoms with E-state index in [9.17, 15) is 4.79 Å². The van der Waals surface area contributed by atoms with Crippen LogP contribution in [0.4, 0.5) is 0 Å². The highest BCUT2D eigenvalue weighted by molar-refractivity contribution is 5.93. The molecule has 0 aliphatic heterocycles. The van der Waals surface area contributed by atoms with Gasteiger partial charge in [0.1, 0.15) is 0 Å². The van der Waals surface area contributed by atoms with E-state index in [1.165, 1.54) is 0 Å². The quantitative estimate of drug-likeness (QED) is 0.330. The standard InChI is InChI=1S/C20H34N4O3/c1-5-21-20(22-12-6-7-13-27-15-14-26-4)23-16-17-8-10-18(11-9-17)19(25)24(2)3/h8-11H,5-7,12-16H2,1-4H3,(H2,21,22,23). The van der Waals surface area contributed by atoms with Crippen molar-refractivity contribution < 1.29 is 14.3 Å². The van der Waals surface area contributed by atoms with Crippen LogP contribution in [0, 0.1) is 0 Å². The number of rotatable bonds is 12. The Morgan fingerprint density at radius 1 is 1.07 bits per heavy atom. The fourth-order valence-electron chi connectivity index (χ4n) is 2.30. The summed E-state index contributed by atoms with van der Waals surface area (Å²) < 4.78 is 10.4.